The van der Waals surface area contributed by atoms with E-state index in [1.807, 2.05) is 0 Å². The smallest absolute Gasteiger partial charge is 0.324 e. The highest BCUT2D eigenvalue weighted by molar-refractivity contribution is 6.42. The van der Waals surface area contributed by atoms with Crippen LogP contribution in [0.3, 0.4) is 0 Å². The predicted molar refractivity (Wildman–Crippen MR) is 93.3 cm³/mol. The lowest BCUT2D eigenvalue weighted by Crippen LogP contribution is -2.19. The third kappa shape index (κ3) is 4.44. The van der Waals surface area contributed by atoms with Gasteiger partial charge in [0.15, 0.2) is 0 Å². The molecular weight excluding hydrogens is 360 g/mol. The van der Waals surface area contributed by atoms with Crippen LogP contribution in [0.15, 0.2) is 42.5 Å². The number of aryl methyl sites for hydroxylation is 1. The summed E-state index contributed by atoms with van der Waals surface area (Å²) in [7, 11) is 0. The molecule has 0 radical (unpaired) electrons. The minimum Gasteiger partial charge on any atom is -0.324 e. The van der Waals surface area contributed by atoms with Gasteiger partial charge in [-0.2, -0.15) is 13.2 Å². The van der Waals surface area contributed by atoms with E-state index in [2.05, 4.69) is 5.43 Å². The molecule has 1 atom stereocenters. The van der Waals surface area contributed by atoms with Crippen molar-refractivity contribution in [2.24, 2.45) is 5.84 Å². The first kappa shape index (κ1) is 18.6. The number of halogens is 5. The fourth-order valence-electron chi connectivity index (χ4n) is 2.24. The molecular formula is C17H15Cl2F3N2. The van der Waals surface area contributed by atoms with Crippen molar-refractivity contribution < 1.29 is 13.2 Å². The van der Waals surface area contributed by atoms with Crippen molar-refractivity contribution in [1.82, 2.24) is 0 Å². The molecule has 2 rings (SSSR count). The maximum atomic E-state index is 13.4. The van der Waals surface area contributed by atoms with Crippen LogP contribution in [0.25, 0.3) is 6.08 Å². The van der Waals surface area contributed by atoms with Crippen LogP contribution in [-0.2, 0) is 0 Å². The highest BCUT2D eigenvalue weighted by Gasteiger charge is 2.39. The molecule has 3 N–H and O–H groups in total. The third-order valence-electron chi connectivity index (χ3n) is 3.50. The van der Waals surface area contributed by atoms with E-state index in [1.165, 1.54) is 18.2 Å². The topological polar surface area (TPSA) is 38.0 Å². The Kier molecular flexibility index (Phi) is 5.80. The SMILES string of the molecule is Cc1cc(C(/C=C/c2ccc(NN)cc2)C(F)(F)F)cc(Cl)c1Cl. The van der Waals surface area contributed by atoms with Gasteiger partial charge in [0.05, 0.1) is 16.0 Å². The molecule has 2 nitrogen and oxygen atoms in total. The van der Waals surface area contributed by atoms with Crippen LogP contribution in [0.4, 0.5) is 18.9 Å². The summed E-state index contributed by atoms with van der Waals surface area (Å²) in [6.45, 7) is 1.62. The standard InChI is InChI=1S/C17H15Cl2F3N2/c1-10-8-12(9-15(18)16(10)19)14(17(20,21)22)7-4-11-2-5-13(24-23)6-3-11/h2-9,14,24H,23H2,1H3/b7-4+. The summed E-state index contributed by atoms with van der Waals surface area (Å²) < 4.78 is 40.3. The van der Waals surface area contributed by atoms with Crippen molar-refractivity contribution in [3.05, 3.63) is 69.2 Å². The maximum absolute atomic E-state index is 13.4. The fraction of sp³-hybridized carbons (Fsp3) is 0.176. The summed E-state index contributed by atoms with van der Waals surface area (Å²) in [5.74, 6) is 3.48. The van der Waals surface area contributed by atoms with Gasteiger partial charge in [0.2, 0.25) is 0 Å². The zero-order valence-corrected chi connectivity index (χ0v) is 14.2. The van der Waals surface area contributed by atoms with Crippen LogP contribution in [-0.4, -0.2) is 6.18 Å². The molecule has 0 aliphatic rings. The minimum absolute atomic E-state index is 0.0471. The van der Waals surface area contributed by atoms with E-state index in [-0.39, 0.29) is 15.6 Å². The number of hydrogen-bond donors (Lipinski definition) is 2. The summed E-state index contributed by atoms with van der Waals surface area (Å²) in [5, 5.41) is 0.364. The van der Waals surface area contributed by atoms with Crippen molar-refractivity contribution in [2.75, 3.05) is 5.43 Å². The summed E-state index contributed by atoms with van der Waals surface area (Å²) >= 11 is 11.8. The Balaban J connectivity index is 2.37. The highest BCUT2D eigenvalue weighted by Crippen LogP contribution is 2.39. The molecule has 0 aliphatic carbocycles. The van der Waals surface area contributed by atoms with Crippen molar-refractivity contribution in [2.45, 2.75) is 19.0 Å². The number of nitrogens with one attached hydrogen (secondary N) is 1. The van der Waals surface area contributed by atoms with Crippen LogP contribution < -0.4 is 11.3 Å². The van der Waals surface area contributed by atoms with Gasteiger partial charge in [-0.05, 0) is 41.8 Å². The van der Waals surface area contributed by atoms with Gasteiger partial charge in [0, 0.05) is 5.69 Å². The van der Waals surface area contributed by atoms with Crippen molar-refractivity contribution in [1.29, 1.82) is 0 Å². The van der Waals surface area contributed by atoms with E-state index in [0.717, 1.165) is 6.08 Å². The number of hydrogen-bond acceptors (Lipinski definition) is 2. The fourth-order valence-corrected chi connectivity index (χ4v) is 2.62. The summed E-state index contributed by atoms with van der Waals surface area (Å²) in [6, 6.07) is 9.33. The van der Waals surface area contributed by atoms with Crippen LogP contribution >= 0.6 is 23.2 Å². The van der Waals surface area contributed by atoms with Crippen molar-refractivity contribution in [3.63, 3.8) is 0 Å². The minimum atomic E-state index is -4.45. The number of rotatable bonds is 4. The second-order valence-electron chi connectivity index (χ2n) is 5.28. The number of nitrogens with two attached hydrogens (primary N) is 1. The van der Waals surface area contributed by atoms with Crippen LogP contribution in [0, 0.1) is 6.92 Å². The molecule has 2 aromatic rings. The Bertz CT molecular complexity index is 717. The number of benzene rings is 2. The Morgan fingerprint density at radius 1 is 1.12 bits per heavy atom. The predicted octanol–water partition coefficient (Wildman–Crippen LogP) is 5.95. The van der Waals surface area contributed by atoms with Gasteiger partial charge >= 0.3 is 6.18 Å². The van der Waals surface area contributed by atoms with E-state index in [4.69, 9.17) is 29.0 Å². The number of hydrazine groups is 1. The van der Waals surface area contributed by atoms with Gasteiger partial charge in [-0.25, -0.2) is 0 Å². The van der Waals surface area contributed by atoms with Gasteiger partial charge < -0.3 is 5.43 Å². The van der Waals surface area contributed by atoms with Gasteiger partial charge in [0.1, 0.15) is 0 Å². The Morgan fingerprint density at radius 3 is 2.25 bits per heavy atom. The summed E-state index contributed by atoms with van der Waals surface area (Å²) in [5.41, 5.74) is 4.29. The molecule has 0 heterocycles. The molecule has 24 heavy (non-hydrogen) atoms. The molecule has 0 amide bonds. The van der Waals surface area contributed by atoms with Crippen molar-refractivity contribution in [3.8, 4) is 0 Å². The average Bonchev–Trinajstić information content (AvgIpc) is 2.52. The van der Waals surface area contributed by atoms with Gasteiger partial charge in [-0.1, -0.05) is 53.6 Å². The van der Waals surface area contributed by atoms with Crippen LogP contribution in [0.2, 0.25) is 10.0 Å². The quantitative estimate of drug-likeness (QED) is 0.512. The normalized spacial score (nSPS) is 13.3. The molecule has 0 aliphatic heterocycles. The van der Waals surface area contributed by atoms with Crippen molar-refractivity contribution >= 4 is 35.0 Å². The van der Waals surface area contributed by atoms with Crippen LogP contribution in [0.5, 0.6) is 0 Å². The van der Waals surface area contributed by atoms with E-state index < -0.39 is 12.1 Å². The lowest BCUT2D eigenvalue weighted by Gasteiger charge is -2.19. The molecule has 0 aromatic heterocycles. The first-order valence-corrected chi connectivity index (χ1v) is 7.75. The second-order valence-corrected chi connectivity index (χ2v) is 6.06. The largest absolute Gasteiger partial charge is 0.399 e. The first-order chi connectivity index (χ1) is 11.2. The average molecular weight is 375 g/mol. The van der Waals surface area contributed by atoms with Crippen LogP contribution in [0.1, 0.15) is 22.6 Å². The zero-order valence-electron chi connectivity index (χ0n) is 12.7. The van der Waals surface area contributed by atoms with Gasteiger partial charge in [-0.15, -0.1) is 0 Å². The Morgan fingerprint density at radius 2 is 1.75 bits per heavy atom. The zero-order chi connectivity index (χ0) is 17.9. The van der Waals surface area contributed by atoms with E-state index in [1.54, 1.807) is 31.2 Å². The molecule has 128 valence electrons. The maximum Gasteiger partial charge on any atom is 0.399 e. The lowest BCUT2D eigenvalue weighted by molar-refractivity contribution is -0.139. The molecule has 0 spiro atoms. The molecule has 2 aromatic carbocycles. The second kappa shape index (κ2) is 7.47. The third-order valence-corrected chi connectivity index (χ3v) is 4.40. The van der Waals surface area contributed by atoms with E-state index in [0.29, 0.717) is 16.8 Å². The molecule has 0 saturated heterocycles. The number of allylic oxidation sites excluding steroid dienone is 1. The molecule has 0 fully saturated rings. The van der Waals surface area contributed by atoms with Gasteiger partial charge in [0.25, 0.3) is 0 Å². The number of anilines is 1. The summed E-state index contributed by atoms with van der Waals surface area (Å²) in [6.07, 6.45) is -1.93. The number of nitrogen functional groups attached to an aromatic ring is 1. The summed E-state index contributed by atoms with van der Waals surface area (Å²) in [4.78, 5) is 0. The highest BCUT2D eigenvalue weighted by atomic mass is 35.5. The van der Waals surface area contributed by atoms with E-state index in [9.17, 15) is 13.2 Å². The molecule has 0 bridgehead atoms. The van der Waals surface area contributed by atoms with Gasteiger partial charge in [-0.3, -0.25) is 5.84 Å². The molecule has 0 saturated carbocycles. The Labute approximate surface area is 148 Å². The number of alkyl halides is 3. The Hall–Kier alpha value is -1.69. The van der Waals surface area contributed by atoms with E-state index >= 15 is 0 Å². The lowest BCUT2D eigenvalue weighted by atomic mass is 9.95. The monoisotopic (exact) mass is 374 g/mol. The molecule has 1 unspecified atom stereocenters. The molecule has 7 heteroatoms. The first-order valence-electron chi connectivity index (χ1n) is 6.99.